The molecule has 3 nitrogen and oxygen atoms in total. The number of nitrogens with two attached hydrogens (primary N) is 1. The fourth-order valence-electron chi connectivity index (χ4n) is 1.46. The zero-order valence-corrected chi connectivity index (χ0v) is 10.8. The third kappa shape index (κ3) is 3.70. The molecule has 0 aromatic carbocycles. The fraction of sp³-hybridized carbons (Fsp3) is 0.545. The van der Waals surface area contributed by atoms with Crippen LogP contribution < -0.4 is 11.3 Å². The second-order valence-corrected chi connectivity index (χ2v) is 5.01. The Labute approximate surface area is 98.4 Å². The van der Waals surface area contributed by atoms with Crippen LogP contribution in [0.25, 0.3) is 0 Å². The quantitative estimate of drug-likeness (QED) is 0.916. The highest BCUT2D eigenvalue weighted by Crippen LogP contribution is 2.10. The molecule has 0 unspecified atom stereocenters. The van der Waals surface area contributed by atoms with E-state index in [-0.39, 0.29) is 5.56 Å². The van der Waals surface area contributed by atoms with E-state index in [0.29, 0.717) is 16.1 Å². The molecule has 0 atom stereocenters. The van der Waals surface area contributed by atoms with Gasteiger partial charge in [-0.05, 0) is 40.8 Å². The van der Waals surface area contributed by atoms with Crippen LogP contribution in [0.5, 0.6) is 0 Å². The molecule has 1 rings (SSSR count). The van der Waals surface area contributed by atoms with Gasteiger partial charge in [0, 0.05) is 18.4 Å². The van der Waals surface area contributed by atoms with Crippen LogP contribution in [0.2, 0.25) is 0 Å². The van der Waals surface area contributed by atoms with Crippen LogP contribution in [0, 0.1) is 5.92 Å². The number of rotatable bonds is 4. The molecule has 0 radical (unpaired) electrons. The minimum atomic E-state index is -0.00652. The van der Waals surface area contributed by atoms with Gasteiger partial charge < -0.3 is 10.3 Å². The van der Waals surface area contributed by atoms with Crippen LogP contribution in [0.4, 0.5) is 5.69 Å². The largest absolute Gasteiger partial charge is 0.398 e. The molecule has 2 N–H and O–H groups in total. The van der Waals surface area contributed by atoms with E-state index < -0.39 is 0 Å². The van der Waals surface area contributed by atoms with Crippen molar-refractivity contribution in [1.82, 2.24) is 4.57 Å². The van der Waals surface area contributed by atoms with Crippen LogP contribution in [-0.4, -0.2) is 4.57 Å². The minimum absolute atomic E-state index is 0.00652. The maximum Gasteiger partial charge on any atom is 0.264 e. The van der Waals surface area contributed by atoms with Gasteiger partial charge in [0.05, 0.1) is 4.47 Å². The van der Waals surface area contributed by atoms with E-state index in [0.717, 1.165) is 19.4 Å². The molecule has 0 aliphatic heterocycles. The molecule has 0 amide bonds. The predicted octanol–water partition coefficient (Wildman–Crippen LogP) is 2.63. The minimum Gasteiger partial charge on any atom is -0.398 e. The van der Waals surface area contributed by atoms with Crippen molar-refractivity contribution in [2.75, 3.05) is 5.73 Å². The molecule has 4 heteroatoms. The Morgan fingerprint density at radius 2 is 2.20 bits per heavy atom. The lowest BCUT2D eigenvalue weighted by Gasteiger charge is -2.08. The number of aryl methyl sites for hydroxylation is 1. The second-order valence-electron chi connectivity index (χ2n) is 4.16. The van der Waals surface area contributed by atoms with Crippen molar-refractivity contribution in [2.45, 2.75) is 33.2 Å². The molecule has 15 heavy (non-hydrogen) atoms. The van der Waals surface area contributed by atoms with Gasteiger partial charge in [-0.25, -0.2) is 0 Å². The molecule has 0 bridgehead atoms. The van der Waals surface area contributed by atoms with Crippen molar-refractivity contribution in [2.24, 2.45) is 5.92 Å². The number of hydrogen-bond acceptors (Lipinski definition) is 2. The average Bonchev–Trinajstić information content (AvgIpc) is 2.12. The number of nitrogen functional groups attached to an aromatic ring is 1. The summed E-state index contributed by atoms with van der Waals surface area (Å²) in [6.07, 6.45) is 3.83. The Balaban J connectivity index is 2.73. The molecule has 0 saturated heterocycles. The number of hydrogen-bond donors (Lipinski definition) is 1. The molecule has 0 aliphatic rings. The third-order valence-corrected chi connectivity index (χ3v) is 2.81. The SMILES string of the molecule is CC(C)CCCn1cc(N)cc(Br)c1=O. The smallest absolute Gasteiger partial charge is 0.264 e. The van der Waals surface area contributed by atoms with Gasteiger partial charge in [0.2, 0.25) is 0 Å². The highest BCUT2D eigenvalue weighted by Gasteiger charge is 2.03. The highest BCUT2D eigenvalue weighted by molar-refractivity contribution is 9.10. The lowest BCUT2D eigenvalue weighted by molar-refractivity contribution is 0.506. The summed E-state index contributed by atoms with van der Waals surface area (Å²) in [5.74, 6) is 0.671. The van der Waals surface area contributed by atoms with Gasteiger partial charge in [-0.1, -0.05) is 13.8 Å². The molecule has 1 aromatic heterocycles. The summed E-state index contributed by atoms with van der Waals surface area (Å²) in [6.45, 7) is 5.09. The molecule has 1 heterocycles. The Bertz CT molecular complexity index is 385. The zero-order valence-electron chi connectivity index (χ0n) is 9.16. The first-order valence-corrected chi connectivity index (χ1v) is 5.95. The first-order valence-electron chi connectivity index (χ1n) is 5.16. The molecular formula is C11H17BrN2O. The Morgan fingerprint density at radius 1 is 1.53 bits per heavy atom. The van der Waals surface area contributed by atoms with Gasteiger partial charge in [0.1, 0.15) is 0 Å². The molecule has 84 valence electrons. The summed E-state index contributed by atoms with van der Waals surface area (Å²) in [4.78, 5) is 11.7. The van der Waals surface area contributed by atoms with Crippen molar-refractivity contribution in [1.29, 1.82) is 0 Å². The van der Waals surface area contributed by atoms with Gasteiger partial charge in [-0.15, -0.1) is 0 Å². The zero-order chi connectivity index (χ0) is 11.4. The molecule has 0 aliphatic carbocycles. The van der Waals surface area contributed by atoms with Crippen LogP contribution in [0.15, 0.2) is 21.5 Å². The standard InChI is InChI=1S/C11H17BrN2O/c1-8(2)4-3-5-14-7-9(13)6-10(12)11(14)15/h6-8H,3-5,13H2,1-2H3. The lowest BCUT2D eigenvalue weighted by Crippen LogP contribution is -2.21. The summed E-state index contributed by atoms with van der Waals surface area (Å²) in [7, 11) is 0. The van der Waals surface area contributed by atoms with E-state index in [1.807, 2.05) is 0 Å². The van der Waals surface area contributed by atoms with E-state index in [4.69, 9.17) is 5.73 Å². The van der Waals surface area contributed by atoms with Gasteiger partial charge in [0.15, 0.2) is 0 Å². The van der Waals surface area contributed by atoms with Gasteiger partial charge in [-0.2, -0.15) is 0 Å². The summed E-state index contributed by atoms with van der Waals surface area (Å²) >= 11 is 3.20. The normalized spacial score (nSPS) is 10.9. The monoisotopic (exact) mass is 272 g/mol. The van der Waals surface area contributed by atoms with Crippen molar-refractivity contribution in [3.63, 3.8) is 0 Å². The van der Waals surface area contributed by atoms with E-state index in [9.17, 15) is 4.79 Å². The molecule has 0 fully saturated rings. The van der Waals surface area contributed by atoms with Gasteiger partial charge in [-0.3, -0.25) is 4.79 Å². The Morgan fingerprint density at radius 3 is 2.80 bits per heavy atom. The van der Waals surface area contributed by atoms with E-state index in [2.05, 4.69) is 29.8 Å². The molecule has 1 aromatic rings. The molecule has 0 saturated carbocycles. The van der Waals surface area contributed by atoms with E-state index in [1.54, 1.807) is 16.8 Å². The Kier molecular flexibility index (Phi) is 4.39. The van der Waals surface area contributed by atoms with Crippen molar-refractivity contribution in [3.8, 4) is 0 Å². The van der Waals surface area contributed by atoms with Crippen molar-refractivity contribution >= 4 is 21.6 Å². The molecular weight excluding hydrogens is 256 g/mol. The number of nitrogens with zero attached hydrogens (tertiary/aromatic N) is 1. The van der Waals surface area contributed by atoms with Crippen LogP contribution in [-0.2, 0) is 6.54 Å². The maximum atomic E-state index is 11.7. The second kappa shape index (κ2) is 5.35. The average molecular weight is 273 g/mol. The van der Waals surface area contributed by atoms with Crippen LogP contribution in [0.3, 0.4) is 0 Å². The van der Waals surface area contributed by atoms with Crippen molar-refractivity contribution in [3.05, 3.63) is 27.1 Å². The third-order valence-electron chi connectivity index (χ3n) is 2.24. The number of halogens is 1. The first-order chi connectivity index (χ1) is 7.00. The highest BCUT2D eigenvalue weighted by atomic mass is 79.9. The van der Waals surface area contributed by atoms with Gasteiger partial charge in [0.25, 0.3) is 5.56 Å². The summed E-state index contributed by atoms with van der Waals surface area (Å²) < 4.78 is 2.20. The predicted molar refractivity (Wildman–Crippen MR) is 66.9 cm³/mol. The summed E-state index contributed by atoms with van der Waals surface area (Å²) in [6, 6.07) is 1.64. The number of aromatic nitrogens is 1. The van der Waals surface area contributed by atoms with E-state index in [1.165, 1.54) is 0 Å². The summed E-state index contributed by atoms with van der Waals surface area (Å²) in [5, 5.41) is 0. The van der Waals surface area contributed by atoms with Gasteiger partial charge >= 0.3 is 0 Å². The number of pyridine rings is 1. The van der Waals surface area contributed by atoms with Crippen LogP contribution >= 0.6 is 15.9 Å². The fourth-order valence-corrected chi connectivity index (χ4v) is 1.95. The summed E-state index contributed by atoms with van der Waals surface area (Å²) in [5.41, 5.74) is 6.28. The first kappa shape index (κ1) is 12.3. The topological polar surface area (TPSA) is 48.0 Å². The van der Waals surface area contributed by atoms with Crippen LogP contribution in [0.1, 0.15) is 26.7 Å². The molecule has 0 spiro atoms. The lowest BCUT2D eigenvalue weighted by atomic mass is 10.1. The van der Waals surface area contributed by atoms with Crippen molar-refractivity contribution < 1.29 is 0 Å². The Hall–Kier alpha value is -0.770. The van der Waals surface area contributed by atoms with E-state index >= 15 is 0 Å². The maximum absolute atomic E-state index is 11.7. The number of anilines is 1.